The van der Waals surface area contributed by atoms with Crippen LogP contribution >= 0.6 is 0 Å². The lowest BCUT2D eigenvalue weighted by atomic mass is 9.46. The predicted molar refractivity (Wildman–Crippen MR) is 92.3 cm³/mol. The molecule has 7 atom stereocenters. The van der Waals surface area contributed by atoms with E-state index in [0.29, 0.717) is 24.0 Å². The van der Waals surface area contributed by atoms with Crippen molar-refractivity contribution in [3.63, 3.8) is 0 Å². The summed E-state index contributed by atoms with van der Waals surface area (Å²) >= 11 is 0. The number of hydrogen-bond donors (Lipinski definition) is 1. The van der Waals surface area contributed by atoms with Crippen molar-refractivity contribution < 1.29 is 14.7 Å². The van der Waals surface area contributed by atoms with Gasteiger partial charge >= 0.3 is 0 Å². The van der Waals surface area contributed by atoms with Gasteiger partial charge in [-0.05, 0) is 80.1 Å². The van der Waals surface area contributed by atoms with Crippen molar-refractivity contribution in [1.82, 2.24) is 0 Å². The number of carbonyl (C=O) groups is 2. The molecule has 3 heteroatoms. The Balaban J connectivity index is 1.72. The lowest BCUT2D eigenvalue weighted by Gasteiger charge is -2.59. The van der Waals surface area contributed by atoms with Crippen LogP contribution < -0.4 is 0 Å². The van der Waals surface area contributed by atoms with Gasteiger partial charge in [-0.1, -0.05) is 19.4 Å². The highest BCUT2D eigenvalue weighted by Crippen LogP contribution is 2.66. The average Bonchev–Trinajstić information content (AvgIpc) is 2.84. The van der Waals surface area contributed by atoms with Gasteiger partial charge in [0.1, 0.15) is 5.78 Å². The number of rotatable bonds is 1. The summed E-state index contributed by atoms with van der Waals surface area (Å²) in [7, 11) is 0. The highest BCUT2D eigenvalue weighted by Gasteiger charge is 2.62. The molecule has 0 amide bonds. The van der Waals surface area contributed by atoms with Gasteiger partial charge in [0.25, 0.3) is 0 Å². The molecule has 3 saturated carbocycles. The Morgan fingerprint density at radius 3 is 2.67 bits per heavy atom. The molecule has 0 radical (unpaired) electrons. The topological polar surface area (TPSA) is 54.4 Å². The molecule has 3 fully saturated rings. The molecule has 0 unspecified atom stereocenters. The fraction of sp³-hybridized carbons (Fsp3) is 0.810. The summed E-state index contributed by atoms with van der Waals surface area (Å²) in [5, 5.41) is 11.2. The number of Topliss-reactive ketones (excluding diaryl/α,β-unsaturated/α-hetero) is 1. The number of aliphatic hydroxyl groups excluding tert-OH is 1. The van der Waals surface area contributed by atoms with Crippen LogP contribution in [0.15, 0.2) is 11.6 Å². The van der Waals surface area contributed by atoms with E-state index in [1.807, 2.05) is 6.08 Å². The summed E-state index contributed by atoms with van der Waals surface area (Å²) in [5.41, 5.74) is 1.23. The summed E-state index contributed by atoms with van der Waals surface area (Å²) in [6.45, 7) is 6.27. The summed E-state index contributed by atoms with van der Waals surface area (Å²) in [6.07, 6.45) is 7.97. The zero-order valence-corrected chi connectivity index (χ0v) is 15.2. The van der Waals surface area contributed by atoms with E-state index >= 15 is 0 Å². The lowest BCUT2D eigenvalue weighted by Crippen LogP contribution is -2.56. The van der Waals surface area contributed by atoms with Gasteiger partial charge in [-0.25, -0.2) is 0 Å². The Morgan fingerprint density at radius 2 is 1.96 bits per heavy atom. The molecule has 4 aliphatic rings. The molecule has 132 valence electrons. The molecule has 4 aliphatic carbocycles. The predicted octanol–water partition coefficient (Wildman–Crippen LogP) is 3.69. The number of carbonyl (C=O) groups excluding carboxylic acids is 2. The number of allylic oxidation sites excluding steroid dienone is 1. The first-order chi connectivity index (χ1) is 11.3. The third-order valence-corrected chi connectivity index (χ3v) is 8.38. The van der Waals surface area contributed by atoms with Crippen LogP contribution in [-0.4, -0.2) is 22.8 Å². The Hall–Kier alpha value is -0.960. The monoisotopic (exact) mass is 330 g/mol. The maximum absolute atomic E-state index is 12.2. The van der Waals surface area contributed by atoms with Crippen LogP contribution in [0, 0.1) is 34.5 Å². The number of aliphatic hydroxyl groups is 1. The van der Waals surface area contributed by atoms with Crippen molar-refractivity contribution in [2.24, 2.45) is 34.5 Å². The molecule has 0 aliphatic heterocycles. The van der Waals surface area contributed by atoms with Crippen LogP contribution in [0.5, 0.6) is 0 Å². The average molecular weight is 330 g/mol. The standard InChI is InChI=1S/C21H30O3/c1-12(22)16-6-7-17-15-5-4-13-10-14(23)8-9-20(13,2)19(15)18(24)11-21(16,17)3/h10,15-19,24H,4-9,11H2,1-3H3/t15-,16+,17-,18-,19+,20-,21+/m1/s1. The molecule has 3 nitrogen and oxygen atoms in total. The van der Waals surface area contributed by atoms with Crippen LogP contribution in [0.2, 0.25) is 0 Å². The molecule has 1 N–H and O–H groups in total. The first kappa shape index (κ1) is 16.5. The largest absolute Gasteiger partial charge is 0.393 e. The summed E-state index contributed by atoms with van der Waals surface area (Å²) in [6, 6.07) is 0. The van der Waals surface area contributed by atoms with E-state index in [1.165, 1.54) is 5.57 Å². The third kappa shape index (κ3) is 2.06. The van der Waals surface area contributed by atoms with Gasteiger partial charge in [-0.2, -0.15) is 0 Å². The zero-order chi connectivity index (χ0) is 17.3. The third-order valence-electron chi connectivity index (χ3n) is 8.38. The molecular formula is C21H30O3. The minimum atomic E-state index is -0.349. The van der Waals surface area contributed by atoms with Crippen LogP contribution in [0.25, 0.3) is 0 Å². The van der Waals surface area contributed by atoms with Crippen molar-refractivity contribution in [3.8, 4) is 0 Å². The maximum atomic E-state index is 12.2. The molecule has 0 spiro atoms. The fourth-order valence-corrected chi connectivity index (χ4v) is 7.35. The van der Waals surface area contributed by atoms with Gasteiger partial charge in [0, 0.05) is 12.3 Å². The van der Waals surface area contributed by atoms with Crippen molar-refractivity contribution in [3.05, 3.63) is 11.6 Å². The molecular weight excluding hydrogens is 300 g/mol. The zero-order valence-electron chi connectivity index (χ0n) is 15.2. The van der Waals surface area contributed by atoms with Crippen molar-refractivity contribution in [2.45, 2.75) is 71.8 Å². The minimum absolute atomic E-state index is 0.0219. The summed E-state index contributed by atoms with van der Waals surface area (Å²) < 4.78 is 0. The highest BCUT2D eigenvalue weighted by molar-refractivity contribution is 5.91. The van der Waals surface area contributed by atoms with Crippen LogP contribution in [0.3, 0.4) is 0 Å². The van der Waals surface area contributed by atoms with Gasteiger partial charge in [0.2, 0.25) is 0 Å². The van der Waals surface area contributed by atoms with Gasteiger partial charge in [0.15, 0.2) is 5.78 Å². The van der Waals surface area contributed by atoms with Crippen LogP contribution in [0.1, 0.15) is 65.7 Å². The molecule has 0 heterocycles. The summed E-state index contributed by atoms with van der Waals surface area (Å²) in [5.74, 6) is 1.99. The van der Waals surface area contributed by atoms with Gasteiger partial charge < -0.3 is 5.11 Å². The van der Waals surface area contributed by atoms with Gasteiger partial charge in [-0.3, -0.25) is 9.59 Å². The molecule has 24 heavy (non-hydrogen) atoms. The van der Waals surface area contributed by atoms with E-state index in [0.717, 1.165) is 38.5 Å². The first-order valence-corrected chi connectivity index (χ1v) is 9.70. The lowest BCUT2D eigenvalue weighted by molar-refractivity contribution is -0.143. The molecule has 0 saturated heterocycles. The second-order valence-electron chi connectivity index (χ2n) is 9.41. The Labute approximate surface area is 144 Å². The number of hydrogen-bond acceptors (Lipinski definition) is 3. The highest BCUT2D eigenvalue weighted by atomic mass is 16.3. The number of ketones is 2. The van der Waals surface area contributed by atoms with E-state index in [4.69, 9.17) is 0 Å². The quantitative estimate of drug-likeness (QED) is 0.797. The van der Waals surface area contributed by atoms with Crippen LogP contribution in [-0.2, 0) is 9.59 Å². The first-order valence-electron chi connectivity index (χ1n) is 9.70. The molecule has 0 bridgehead atoms. The summed E-state index contributed by atoms with van der Waals surface area (Å²) in [4.78, 5) is 24.0. The Kier molecular flexibility index (Phi) is 3.62. The van der Waals surface area contributed by atoms with Crippen LogP contribution in [0.4, 0.5) is 0 Å². The van der Waals surface area contributed by atoms with Crippen molar-refractivity contribution >= 4 is 11.6 Å². The van der Waals surface area contributed by atoms with E-state index in [-0.39, 0.29) is 34.6 Å². The minimum Gasteiger partial charge on any atom is -0.393 e. The van der Waals surface area contributed by atoms with Gasteiger partial charge in [-0.15, -0.1) is 0 Å². The van der Waals surface area contributed by atoms with E-state index in [2.05, 4.69) is 13.8 Å². The fourth-order valence-electron chi connectivity index (χ4n) is 7.35. The maximum Gasteiger partial charge on any atom is 0.155 e. The molecule has 0 aromatic heterocycles. The Morgan fingerprint density at radius 1 is 1.21 bits per heavy atom. The van der Waals surface area contributed by atoms with Crippen molar-refractivity contribution in [1.29, 1.82) is 0 Å². The second-order valence-corrected chi connectivity index (χ2v) is 9.41. The van der Waals surface area contributed by atoms with E-state index < -0.39 is 0 Å². The smallest absolute Gasteiger partial charge is 0.155 e. The molecule has 4 rings (SSSR count). The SMILES string of the molecule is CC(=O)[C@@H]1CC[C@@H]2[C@H]3CCC4=CC(=O)CC[C@@]4(C)[C@@H]3[C@H](O)C[C@]21C. The molecule has 0 aromatic rings. The van der Waals surface area contributed by atoms with Crippen molar-refractivity contribution in [2.75, 3.05) is 0 Å². The normalized spacial score (nSPS) is 50.6. The van der Waals surface area contributed by atoms with E-state index in [1.54, 1.807) is 6.92 Å². The number of fused-ring (bicyclic) bond motifs is 5. The second kappa shape index (κ2) is 5.27. The van der Waals surface area contributed by atoms with Gasteiger partial charge in [0.05, 0.1) is 6.10 Å². The Bertz CT molecular complexity index is 621. The molecule has 0 aromatic carbocycles. The van der Waals surface area contributed by atoms with E-state index in [9.17, 15) is 14.7 Å².